The monoisotopic (exact) mass is 313 g/mol. The third-order valence-electron chi connectivity index (χ3n) is 4.05. The first-order chi connectivity index (χ1) is 9.85. The van der Waals surface area contributed by atoms with Crippen LogP contribution >= 0.6 is 11.6 Å². The summed E-state index contributed by atoms with van der Waals surface area (Å²) in [5.74, 6) is 0. The number of hydrogen-bond donors (Lipinski definition) is 1. The van der Waals surface area contributed by atoms with Crippen LogP contribution in [0, 0.1) is 5.41 Å². The summed E-state index contributed by atoms with van der Waals surface area (Å²) in [7, 11) is 0. The third kappa shape index (κ3) is 5.00. The summed E-state index contributed by atoms with van der Waals surface area (Å²) in [6.45, 7) is 15.3. The number of aryl methyl sites for hydroxylation is 2. The van der Waals surface area contributed by atoms with Crippen molar-refractivity contribution in [1.29, 1.82) is 0 Å². The van der Waals surface area contributed by atoms with E-state index in [-0.39, 0.29) is 5.41 Å². The van der Waals surface area contributed by atoms with Gasteiger partial charge in [0.15, 0.2) is 0 Å². The van der Waals surface area contributed by atoms with Gasteiger partial charge >= 0.3 is 0 Å². The molecule has 0 saturated heterocycles. The van der Waals surface area contributed by atoms with Crippen molar-refractivity contribution in [2.24, 2.45) is 5.41 Å². The van der Waals surface area contributed by atoms with Gasteiger partial charge in [0.05, 0.1) is 16.4 Å². The van der Waals surface area contributed by atoms with E-state index < -0.39 is 0 Å². The predicted molar refractivity (Wildman–Crippen MR) is 92.1 cm³/mol. The summed E-state index contributed by atoms with van der Waals surface area (Å²) in [5.41, 5.74) is 2.48. The van der Waals surface area contributed by atoms with Crippen LogP contribution in [-0.2, 0) is 19.4 Å². The summed E-state index contributed by atoms with van der Waals surface area (Å²) in [6, 6.07) is 0.499. The van der Waals surface area contributed by atoms with Crippen LogP contribution in [0.3, 0.4) is 0 Å². The Bertz CT molecular complexity index is 432. The molecule has 0 bridgehead atoms. The standard InChI is InChI=1S/C17H32ClN3/c1-7-12-19-15(17(4,5)6)11-10-14-16(18)13(8-2)20-21(14)9-3/h15,19H,7-12H2,1-6H3. The molecule has 1 unspecified atom stereocenters. The second-order valence-corrected chi connectivity index (χ2v) is 7.17. The fourth-order valence-corrected chi connectivity index (χ4v) is 3.06. The van der Waals surface area contributed by atoms with Gasteiger partial charge in [-0.25, -0.2) is 0 Å². The van der Waals surface area contributed by atoms with Gasteiger partial charge in [-0.1, -0.05) is 46.2 Å². The van der Waals surface area contributed by atoms with Crippen LogP contribution in [0.25, 0.3) is 0 Å². The molecule has 21 heavy (non-hydrogen) atoms. The Morgan fingerprint density at radius 2 is 1.90 bits per heavy atom. The Balaban J connectivity index is 2.82. The zero-order valence-electron chi connectivity index (χ0n) is 14.6. The van der Waals surface area contributed by atoms with Crippen LogP contribution in [0.5, 0.6) is 0 Å². The van der Waals surface area contributed by atoms with Crippen molar-refractivity contribution in [1.82, 2.24) is 15.1 Å². The van der Waals surface area contributed by atoms with E-state index in [4.69, 9.17) is 11.6 Å². The van der Waals surface area contributed by atoms with Gasteiger partial charge in [-0.05, 0) is 44.6 Å². The first-order valence-corrected chi connectivity index (χ1v) is 8.70. The van der Waals surface area contributed by atoms with E-state index in [1.54, 1.807) is 0 Å². The molecule has 4 heteroatoms. The van der Waals surface area contributed by atoms with E-state index >= 15 is 0 Å². The maximum atomic E-state index is 6.51. The van der Waals surface area contributed by atoms with Gasteiger partial charge in [-0.3, -0.25) is 4.68 Å². The van der Waals surface area contributed by atoms with Crippen LogP contribution in [0.2, 0.25) is 5.02 Å². The van der Waals surface area contributed by atoms with Crippen molar-refractivity contribution in [3.8, 4) is 0 Å². The lowest BCUT2D eigenvalue weighted by Gasteiger charge is -2.32. The molecule has 1 rings (SSSR count). The van der Waals surface area contributed by atoms with Crippen molar-refractivity contribution in [3.05, 3.63) is 16.4 Å². The van der Waals surface area contributed by atoms with Crippen LogP contribution in [0.15, 0.2) is 0 Å². The molecule has 0 radical (unpaired) electrons. The Morgan fingerprint density at radius 1 is 1.24 bits per heavy atom. The number of halogens is 1. The summed E-state index contributed by atoms with van der Waals surface area (Å²) in [6.07, 6.45) is 4.15. The summed E-state index contributed by atoms with van der Waals surface area (Å²) < 4.78 is 2.07. The molecule has 3 nitrogen and oxygen atoms in total. The Kier molecular flexibility index (Phi) is 7.22. The van der Waals surface area contributed by atoms with Crippen molar-refractivity contribution >= 4 is 11.6 Å². The number of hydrogen-bond acceptors (Lipinski definition) is 2. The highest BCUT2D eigenvalue weighted by Crippen LogP contribution is 2.27. The second kappa shape index (κ2) is 8.19. The van der Waals surface area contributed by atoms with Gasteiger partial charge in [0.2, 0.25) is 0 Å². The van der Waals surface area contributed by atoms with Gasteiger partial charge < -0.3 is 5.32 Å². The largest absolute Gasteiger partial charge is 0.313 e. The van der Waals surface area contributed by atoms with Crippen LogP contribution in [-0.4, -0.2) is 22.4 Å². The van der Waals surface area contributed by atoms with Gasteiger partial charge in [0.1, 0.15) is 0 Å². The number of aromatic nitrogens is 2. The summed E-state index contributed by atoms with van der Waals surface area (Å²) in [5, 5.41) is 9.18. The lowest BCUT2D eigenvalue weighted by atomic mass is 9.83. The van der Waals surface area contributed by atoms with Crippen LogP contribution in [0.1, 0.15) is 65.8 Å². The fraction of sp³-hybridized carbons (Fsp3) is 0.824. The number of nitrogens with zero attached hydrogens (tertiary/aromatic N) is 2. The smallest absolute Gasteiger partial charge is 0.0849 e. The molecule has 122 valence electrons. The molecule has 1 aromatic heterocycles. The van der Waals surface area contributed by atoms with Gasteiger partial charge in [0.25, 0.3) is 0 Å². The average molecular weight is 314 g/mol. The molecule has 0 saturated carbocycles. The molecule has 1 atom stereocenters. The molecule has 0 aliphatic heterocycles. The maximum Gasteiger partial charge on any atom is 0.0849 e. The van der Waals surface area contributed by atoms with Crippen molar-refractivity contribution in [3.63, 3.8) is 0 Å². The van der Waals surface area contributed by atoms with Crippen molar-refractivity contribution < 1.29 is 0 Å². The Morgan fingerprint density at radius 3 is 2.38 bits per heavy atom. The van der Waals surface area contributed by atoms with E-state index in [0.717, 1.165) is 43.1 Å². The molecular formula is C17H32ClN3. The predicted octanol–water partition coefficient (Wildman–Crippen LogP) is 4.47. The van der Waals surface area contributed by atoms with E-state index in [1.165, 1.54) is 12.1 Å². The van der Waals surface area contributed by atoms with Gasteiger partial charge in [0, 0.05) is 12.6 Å². The lowest BCUT2D eigenvalue weighted by molar-refractivity contribution is 0.254. The van der Waals surface area contributed by atoms with E-state index in [2.05, 4.69) is 56.6 Å². The first kappa shape index (κ1) is 18.5. The topological polar surface area (TPSA) is 29.9 Å². The maximum absolute atomic E-state index is 6.51. The molecule has 0 aliphatic carbocycles. The molecule has 1 N–H and O–H groups in total. The van der Waals surface area contributed by atoms with Crippen molar-refractivity contribution in [2.45, 2.75) is 79.8 Å². The number of rotatable bonds is 8. The lowest BCUT2D eigenvalue weighted by Crippen LogP contribution is -2.41. The molecular weight excluding hydrogens is 282 g/mol. The van der Waals surface area contributed by atoms with Gasteiger partial charge in [-0.2, -0.15) is 5.10 Å². The molecule has 0 aliphatic rings. The quantitative estimate of drug-likeness (QED) is 0.767. The highest BCUT2D eigenvalue weighted by molar-refractivity contribution is 6.31. The summed E-state index contributed by atoms with van der Waals surface area (Å²) >= 11 is 6.51. The van der Waals surface area contributed by atoms with E-state index in [0.29, 0.717) is 6.04 Å². The van der Waals surface area contributed by atoms with Crippen LogP contribution in [0.4, 0.5) is 0 Å². The fourth-order valence-electron chi connectivity index (χ4n) is 2.70. The van der Waals surface area contributed by atoms with Crippen molar-refractivity contribution in [2.75, 3.05) is 6.54 Å². The molecule has 0 fully saturated rings. The van der Waals surface area contributed by atoms with Crippen LogP contribution < -0.4 is 5.32 Å². The normalized spacial score (nSPS) is 13.7. The molecule has 1 heterocycles. The Hall–Kier alpha value is -0.540. The zero-order valence-corrected chi connectivity index (χ0v) is 15.3. The minimum atomic E-state index is 0.256. The SMILES string of the molecule is CCCNC(CCc1c(Cl)c(CC)nn1CC)C(C)(C)C. The minimum absolute atomic E-state index is 0.256. The van der Waals surface area contributed by atoms with E-state index in [9.17, 15) is 0 Å². The highest BCUT2D eigenvalue weighted by atomic mass is 35.5. The first-order valence-electron chi connectivity index (χ1n) is 8.32. The number of nitrogens with one attached hydrogen (secondary N) is 1. The molecule has 1 aromatic rings. The van der Waals surface area contributed by atoms with E-state index in [1.807, 2.05) is 0 Å². The minimum Gasteiger partial charge on any atom is -0.313 e. The average Bonchev–Trinajstić information content (AvgIpc) is 2.73. The molecule has 0 aromatic carbocycles. The van der Waals surface area contributed by atoms with Gasteiger partial charge in [-0.15, -0.1) is 0 Å². The second-order valence-electron chi connectivity index (χ2n) is 6.79. The Labute approximate surface area is 135 Å². The molecule has 0 spiro atoms. The molecule has 0 amide bonds. The zero-order chi connectivity index (χ0) is 16.0. The highest BCUT2D eigenvalue weighted by Gasteiger charge is 2.25. The third-order valence-corrected chi connectivity index (χ3v) is 4.49. The summed E-state index contributed by atoms with van der Waals surface area (Å²) in [4.78, 5) is 0.